The van der Waals surface area contributed by atoms with Crippen LogP contribution in [0.5, 0.6) is 0 Å². The zero-order valence-electron chi connectivity index (χ0n) is 9.21. The fourth-order valence-electron chi connectivity index (χ4n) is 1.62. The Labute approximate surface area is 103 Å². The summed E-state index contributed by atoms with van der Waals surface area (Å²) in [7, 11) is -3.82. The number of primary amides is 1. The zero-order valence-corrected chi connectivity index (χ0v) is 10.0. The van der Waals surface area contributed by atoms with Crippen LogP contribution in [0.3, 0.4) is 0 Å². The van der Waals surface area contributed by atoms with Crippen molar-refractivity contribution in [3.05, 3.63) is 29.8 Å². The van der Waals surface area contributed by atoms with Crippen LogP contribution in [0.4, 0.5) is 0 Å². The number of sulfonamides is 1. The van der Waals surface area contributed by atoms with Gasteiger partial charge in [-0.25, -0.2) is 13.1 Å². The van der Waals surface area contributed by atoms with E-state index in [0.717, 1.165) is 0 Å². The van der Waals surface area contributed by atoms with Gasteiger partial charge in [-0.15, -0.1) is 0 Å². The minimum absolute atomic E-state index is 0.0176. The van der Waals surface area contributed by atoms with Crippen molar-refractivity contribution < 1.29 is 18.0 Å². The van der Waals surface area contributed by atoms with Gasteiger partial charge in [-0.3, -0.25) is 9.59 Å². The number of carbonyl (C=O) groups excluding carboxylic acids is 2. The molecule has 1 aromatic carbocycles. The normalized spacial score (nSPS) is 22.2. The Kier molecular flexibility index (Phi) is 3.05. The topological polar surface area (TPSA) is 118 Å². The molecule has 18 heavy (non-hydrogen) atoms. The van der Waals surface area contributed by atoms with Gasteiger partial charge in [0, 0.05) is 6.54 Å². The van der Waals surface area contributed by atoms with E-state index in [9.17, 15) is 18.0 Å². The van der Waals surface area contributed by atoms with Gasteiger partial charge in [0.25, 0.3) is 5.91 Å². The van der Waals surface area contributed by atoms with Crippen molar-refractivity contribution in [1.29, 1.82) is 0 Å². The molecule has 0 fully saturated rings. The Morgan fingerprint density at radius 1 is 1.33 bits per heavy atom. The summed E-state index contributed by atoms with van der Waals surface area (Å²) in [4.78, 5) is 22.8. The summed E-state index contributed by atoms with van der Waals surface area (Å²) >= 11 is 0. The molecule has 1 unspecified atom stereocenters. The molecule has 7 nitrogen and oxygen atoms in total. The molecule has 2 amide bonds. The first-order chi connectivity index (χ1) is 8.42. The minimum Gasteiger partial charge on any atom is -0.368 e. The second-order valence-corrected chi connectivity index (χ2v) is 5.51. The Morgan fingerprint density at radius 3 is 2.67 bits per heavy atom. The predicted molar refractivity (Wildman–Crippen MR) is 62.1 cm³/mol. The number of hydrogen-bond donors (Lipinski definition) is 3. The van der Waals surface area contributed by atoms with Gasteiger partial charge in [-0.2, -0.15) is 0 Å². The molecule has 0 spiro atoms. The average Bonchev–Trinajstić information content (AvgIpc) is 2.32. The summed E-state index contributed by atoms with van der Waals surface area (Å²) in [5.74, 6) is -1.44. The van der Waals surface area contributed by atoms with Crippen molar-refractivity contribution in [3.63, 3.8) is 0 Å². The van der Waals surface area contributed by atoms with Gasteiger partial charge in [0.15, 0.2) is 0 Å². The van der Waals surface area contributed by atoms with Crippen LogP contribution in [0.2, 0.25) is 0 Å². The monoisotopic (exact) mass is 269 g/mol. The number of carbonyl (C=O) groups is 2. The lowest BCUT2D eigenvalue weighted by Gasteiger charge is -2.21. The molecule has 8 heteroatoms. The van der Waals surface area contributed by atoms with Gasteiger partial charge in [0.2, 0.25) is 15.9 Å². The molecule has 0 aromatic heterocycles. The lowest BCUT2D eigenvalue weighted by Crippen LogP contribution is -2.52. The number of benzene rings is 1. The van der Waals surface area contributed by atoms with Gasteiger partial charge < -0.3 is 11.1 Å². The van der Waals surface area contributed by atoms with Gasteiger partial charge in [0.05, 0.1) is 10.5 Å². The highest BCUT2D eigenvalue weighted by Gasteiger charge is 2.29. The first-order valence-corrected chi connectivity index (χ1v) is 6.59. The summed E-state index contributed by atoms with van der Waals surface area (Å²) in [6, 6.07) is 4.67. The first-order valence-electron chi connectivity index (χ1n) is 5.11. The van der Waals surface area contributed by atoms with Crippen molar-refractivity contribution in [2.24, 2.45) is 5.73 Å². The Hall–Kier alpha value is -1.93. The SMILES string of the molecule is NC(=O)C1CNS(=O)(=O)c2ccccc2C(=O)N1. The largest absolute Gasteiger partial charge is 0.368 e. The van der Waals surface area contributed by atoms with E-state index in [-0.39, 0.29) is 17.0 Å². The van der Waals surface area contributed by atoms with Gasteiger partial charge >= 0.3 is 0 Å². The highest BCUT2D eigenvalue weighted by Crippen LogP contribution is 2.16. The molecule has 2 rings (SSSR count). The van der Waals surface area contributed by atoms with Crippen molar-refractivity contribution in [2.75, 3.05) is 6.54 Å². The summed E-state index contributed by atoms with van der Waals surface area (Å²) in [5, 5.41) is 2.37. The van der Waals surface area contributed by atoms with Crippen molar-refractivity contribution >= 4 is 21.8 Å². The second-order valence-electron chi connectivity index (χ2n) is 3.78. The summed E-state index contributed by atoms with van der Waals surface area (Å²) < 4.78 is 26.1. The molecule has 0 bridgehead atoms. The third-order valence-electron chi connectivity index (χ3n) is 2.55. The molecule has 0 radical (unpaired) electrons. The first kappa shape index (κ1) is 12.5. The summed E-state index contributed by atoms with van der Waals surface area (Å²) in [6.07, 6.45) is 0. The van der Waals surface area contributed by atoms with E-state index in [1.807, 2.05) is 0 Å². The van der Waals surface area contributed by atoms with Crippen LogP contribution in [0.25, 0.3) is 0 Å². The molecular formula is C10H11N3O4S. The number of fused-ring (bicyclic) bond motifs is 1. The van der Waals surface area contributed by atoms with Gasteiger partial charge in [-0.1, -0.05) is 12.1 Å². The average molecular weight is 269 g/mol. The number of nitrogens with two attached hydrogens (primary N) is 1. The van der Waals surface area contributed by atoms with Gasteiger partial charge in [0.1, 0.15) is 6.04 Å². The van der Waals surface area contributed by atoms with E-state index in [2.05, 4.69) is 10.0 Å². The maximum absolute atomic E-state index is 11.9. The molecule has 1 atom stereocenters. The highest BCUT2D eigenvalue weighted by molar-refractivity contribution is 7.89. The van der Waals surface area contributed by atoms with Crippen LogP contribution in [-0.4, -0.2) is 32.8 Å². The number of nitrogens with one attached hydrogen (secondary N) is 2. The molecule has 96 valence electrons. The van der Waals surface area contributed by atoms with Crippen LogP contribution in [-0.2, 0) is 14.8 Å². The predicted octanol–water partition coefficient (Wildman–Crippen LogP) is -1.44. The van der Waals surface area contributed by atoms with Crippen molar-refractivity contribution in [3.8, 4) is 0 Å². The molecule has 4 N–H and O–H groups in total. The second kappa shape index (κ2) is 4.39. The van der Waals surface area contributed by atoms with E-state index >= 15 is 0 Å². The molecule has 0 saturated carbocycles. The lowest BCUT2D eigenvalue weighted by atomic mass is 10.2. The van der Waals surface area contributed by atoms with E-state index in [0.29, 0.717) is 0 Å². The molecule has 0 saturated heterocycles. The van der Waals surface area contributed by atoms with E-state index in [4.69, 9.17) is 5.73 Å². The Balaban J connectivity index is 2.54. The fraction of sp³-hybridized carbons (Fsp3) is 0.200. The van der Waals surface area contributed by atoms with Crippen LogP contribution >= 0.6 is 0 Å². The lowest BCUT2D eigenvalue weighted by molar-refractivity contribution is -0.119. The Bertz CT molecular complexity index is 611. The van der Waals surface area contributed by atoms with Crippen LogP contribution in [0.15, 0.2) is 29.2 Å². The minimum atomic E-state index is -3.82. The van der Waals surface area contributed by atoms with Crippen molar-refractivity contribution in [2.45, 2.75) is 10.9 Å². The molecule has 0 aliphatic carbocycles. The third-order valence-corrected chi connectivity index (χ3v) is 4.03. The number of rotatable bonds is 1. The van der Waals surface area contributed by atoms with Crippen molar-refractivity contribution in [1.82, 2.24) is 10.0 Å². The maximum Gasteiger partial charge on any atom is 0.253 e. The van der Waals surface area contributed by atoms with Gasteiger partial charge in [-0.05, 0) is 12.1 Å². The third kappa shape index (κ3) is 2.20. The standard InChI is InChI=1S/C10H11N3O4S/c11-9(14)7-5-12-18(16,17)8-4-2-1-3-6(8)10(15)13-7/h1-4,7,12H,5H2,(H2,11,14)(H,13,15). The van der Waals surface area contributed by atoms with Crippen LogP contribution in [0, 0.1) is 0 Å². The van der Waals surface area contributed by atoms with E-state index < -0.39 is 27.9 Å². The van der Waals surface area contributed by atoms with E-state index in [1.54, 1.807) is 0 Å². The van der Waals surface area contributed by atoms with E-state index in [1.165, 1.54) is 24.3 Å². The number of hydrogen-bond acceptors (Lipinski definition) is 4. The smallest absolute Gasteiger partial charge is 0.253 e. The molecular weight excluding hydrogens is 258 g/mol. The number of amides is 2. The quantitative estimate of drug-likeness (QED) is 0.578. The highest BCUT2D eigenvalue weighted by atomic mass is 32.2. The molecule has 1 aliphatic rings. The molecule has 1 aromatic rings. The zero-order chi connectivity index (χ0) is 13.3. The van der Waals surface area contributed by atoms with Crippen LogP contribution < -0.4 is 15.8 Å². The van der Waals surface area contributed by atoms with Crippen LogP contribution in [0.1, 0.15) is 10.4 Å². The maximum atomic E-state index is 11.9. The summed E-state index contributed by atoms with van der Waals surface area (Å²) in [6.45, 7) is -0.266. The Morgan fingerprint density at radius 2 is 2.00 bits per heavy atom. The molecule has 1 aliphatic heterocycles. The fourth-order valence-corrected chi connectivity index (χ4v) is 2.87. The summed E-state index contributed by atoms with van der Waals surface area (Å²) in [5.41, 5.74) is 5.05. The molecule has 1 heterocycles.